The van der Waals surface area contributed by atoms with Crippen molar-refractivity contribution in [2.75, 3.05) is 93.0 Å². The lowest BCUT2D eigenvalue weighted by molar-refractivity contribution is -0.205. The van der Waals surface area contributed by atoms with Crippen molar-refractivity contribution in [2.45, 2.75) is 349 Å². The zero-order valence-corrected chi connectivity index (χ0v) is 76.2. The minimum Gasteiger partial charge on any atom is -0.463 e. The molecule has 24 nitrogen and oxygen atoms in total. The average Bonchev–Trinajstić information content (AvgIpc) is 1.56. The molecule has 8 saturated carbocycles. The molecule has 5 heterocycles. The number of rotatable bonds is 30. The van der Waals surface area contributed by atoms with Crippen molar-refractivity contribution >= 4 is 41.6 Å². The number of aliphatic hydroxyl groups excluding tert-OH is 3. The molecule has 5 aliphatic heterocycles. The average molecular weight is 1700 g/mol. The molecule has 13 rings (SSSR count). The zero-order chi connectivity index (χ0) is 88.5. The second-order valence-electron chi connectivity index (χ2n) is 38.0. The van der Waals surface area contributed by atoms with Crippen LogP contribution in [-0.4, -0.2) is 217 Å². The molecule has 0 radical (unpaired) electrons. The molecule has 16 atom stereocenters. The van der Waals surface area contributed by atoms with E-state index in [0.717, 1.165) is 103 Å². The lowest BCUT2D eigenvalue weighted by Gasteiger charge is -2.52. The number of hydrogen-bond acceptors (Lipinski definition) is 24. The van der Waals surface area contributed by atoms with Gasteiger partial charge in [0.05, 0.1) is 114 Å². The van der Waals surface area contributed by atoms with E-state index in [2.05, 4.69) is 60.6 Å². The molecule has 0 aromatic heterocycles. The van der Waals surface area contributed by atoms with E-state index in [1.165, 1.54) is 103 Å². The van der Waals surface area contributed by atoms with Crippen molar-refractivity contribution in [2.24, 2.45) is 63.1 Å². The minimum atomic E-state index is -0.585. The Morgan fingerprint density at radius 3 is 1.62 bits per heavy atom. The van der Waals surface area contributed by atoms with Crippen LogP contribution in [0.25, 0.3) is 0 Å². The second-order valence-corrected chi connectivity index (χ2v) is 38.0. The second kappa shape index (κ2) is 50.8. The molecule has 0 amide bonds. The van der Waals surface area contributed by atoms with Gasteiger partial charge < -0.3 is 81.6 Å². The Hall–Kier alpha value is -5.25. The maximum absolute atomic E-state index is 11.7. The zero-order valence-electron chi connectivity index (χ0n) is 76.2. The summed E-state index contributed by atoms with van der Waals surface area (Å²) in [6, 6.07) is 0. The number of ketones is 1. The maximum Gasteiger partial charge on any atom is 0.333 e. The Balaban J connectivity index is 0.000000215. The highest BCUT2D eigenvalue weighted by atomic mass is 16.6. The molecule has 2 bridgehead atoms. The molecule has 13 fully saturated rings. The van der Waals surface area contributed by atoms with Crippen molar-refractivity contribution in [3.63, 3.8) is 0 Å². The van der Waals surface area contributed by atoms with Gasteiger partial charge in [-0.25, -0.2) is 24.0 Å². The lowest BCUT2D eigenvalue weighted by Crippen LogP contribution is -2.56. The fourth-order valence-corrected chi connectivity index (χ4v) is 18.1. The van der Waals surface area contributed by atoms with Gasteiger partial charge in [0.25, 0.3) is 0 Å². The molecule has 3 N–H and O–H groups in total. The summed E-state index contributed by atoms with van der Waals surface area (Å²) in [6.07, 6.45) is 31.3. The van der Waals surface area contributed by atoms with Crippen LogP contribution in [-0.2, 0) is 99.9 Å². The smallest absolute Gasteiger partial charge is 0.333 e. The van der Waals surface area contributed by atoms with E-state index in [-0.39, 0.29) is 70.0 Å². The van der Waals surface area contributed by atoms with Crippen LogP contribution in [0.5, 0.6) is 0 Å². The van der Waals surface area contributed by atoms with Gasteiger partial charge in [0.1, 0.15) is 36.8 Å². The monoisotopic (exact) mass is 1700 g/mol. The SMILES string of the molecule is C=C(C)C(=O)OC1C2CC(C1O)C1(COC1)C2.C=C(C)C(=O)OC1CC(C)C2(COC2)CC1O.C=C(C)C(=O)OC1CCC2(COC2)CC1O.C=C(C)C(=O)OC1CCCCC1.C=C(C)C(=O)OCC1CCCCC1.CCC(=O)C1CCC2OC2C1.CCCCCC(CC)COCCOCCOC(=O)C(C)(C)CC.COCC1CCC2OC2(C)C1. The Kier molecular flexibility index (Phi) is 43.8. The van der Waals surface area contributed by atoms with Crippen molar-refractivity contribution in [1.82, 2.24) is 0 Å². The number of carbonyl (C=O) groups excluding carboxylic acids is 7. The Labute approximate surface area is 719 Å². The van der Waals surface area contributed by atoms with Crippen molar-refractivity contribution in [3.05, 3.63) is 60.8 Å². The predicted octanol–water partition coefficient (Wildman–Crippen LogP) is 16.1. The maximum atomic E-state index is 11.7. The molecule has 0 aromatic rings. The van der Waals surface area contributed by atoms with Crippen LogP contribution in [0, 0.1) is 63.1 Å². The van der Waals surface area contributed by atoms with Gasteiger partial charge in [0, 0.05) is 76.8 Å². The Morgan fingerprint density at radius 2 is 1.11 bits per heavy atom. The normalized spacial score (nSPS) is 29.7. The number of unbranched alkanes of at least 4 members (excludes halogenated alkanes) is 2. The van der Waals surface area contributed by atoms with E-state index in [1.807, 2.05) is 27.7 Å². The summed E-state index contributed by atoms with van der Waals surface area (Å²) in [5.74, 6) is 1.84. The number of fused-ring (bicyclic) bond motifs is 5. The van der Waals surface area contributed by atoms with Crippen LogP contribution in [0.3, 0.4) is 0 Å². The van der Waals surface area contributed by atoms with Crippen LogP contribution in [0.1, 0.15) is 283 Å². The first-order valence-corrected chi connectivity index (χ1v) is 45.7. The lowest BCUT2D eigenvalue weighted by atomic mass is 9.64. The molecular weight excluding hydrogens is 1540 g/mol. The van der Waals surface area contributed by atoms with Gasteiger partial charge in [-0.1, -0.05) is 119 Å². The van der Waals surface area contributed by atoms with Crippen molar-refractivity contribution in [3.8, 4) is 0 Å². The van der Waals surface area contributed by atoms with Gasteiger partial charge in [-0.3, -0.25) is 9.59 Å². The van der Waals surface area contributed by atoms with E-state index in [9.17, 15) is 48.9 Å². The van der Waals surface area contributed by atoms with Gasteiger partial charge in [-0.15, -0.1) is 0 Å². The molecule has 120 heavy (non-hydrogen) atoms. The fourth-order valence-electron chi connectivity index (χ4n) is 18.1. The van der Waals surface area contributed by atoms with Gasteiger partial charge in [-0.2, -0.15) is 0 Å². The third-order valence-electron chi connectivity index (χ3n) is 27.0. The van der Waals surface area contributed by atoms with Gasteiger partial charge in [0.2, 0.25) is 0 Å². The first-order chi connectivity index (χ1) is 56.9. The third-order valence-corrected chi connectivity index (χ3v) is 27.0. The van der Waals surface area contributed by atoms with Gasteiger partial charge in [-0.05, 0) is 226 Å². The summed E-state index contributed by atoms with van der Waals surface area (Å²) >= 11 is 0. The van der Waals surface area contributed by atoms with Crippen LogP contribution < -0.4 is 0 Å². The van der Waals surface area contributed by atoms with E-state index in [4.69, 9.17) is 66.3 Å². The summed E-state index contributed by atoms with van der Waals surface area (Å²) in [4.78, 5) is 79.5. The molecule has 24 heteroatoms. The summed E-state index contributed by atoms with van der Waals surface area (Å²) in [6.45, 7) is 51.1. The molecule has 0 aromatic carbocycles. The third kappa shape index (κ3) is 32.9. The standard InChI is InChI=1S/C19H38O4.C13H18O4.C13H20O4.C12H18O4.C11H18O2.C10H16O2.C9H16O2.C9H14O2/c1-6-9-10-11-17(7-2)16-22-13-12-21-14-15-23-18(20)19(4,5)8-3;1-7(2)12(15)17-11-8-3-9(10(11)14)13(4-8)5-16-6-13;1-8(2)12(15)17-11-4-9(3)13(5-10(11)14)6-16-7-13;1-8(2)11(14)16-10-3-4-12(5-9(10)13)6-15-7-12;1-9(2)11(12)13-8-10-6-4-3-5-7-10;1-8(2)10(11)12-9-6-4-3-5-7-9;1-9-5-7(6-10-2)3-4-8(9)11-9;1-2-7(10)6-3-4-8-9(5-6)11-8/h17H,6-16H2,1-5H3;8-11,14H,1,3-6H2,2H3;9-11,14H,1,4-7H2,2-3H3;9-10,13H,1,3-7H2,2H3;10H,1,3-8H2,2H3;9H,1,3-7H2,2H3;7-8H,3-6H2,1-2H3;6,8-9H,2-5H2,1H3. The first kappa shape index (κ1) is 104. The minimum absolute atomic E-state index is 0.103. The summed E-state index contributed by atoms with van der Waals surface area (Å²) in [5, 5.41) is 30.2. The molecule has 686 valence electrons. The molecule has 5 saturated heterocycles. The summed E-state index contributed by atoms with van der Waals surface area (Å²) in [5.41, 5.74) is 2.39. The number of ether oxygens (including phenoxy) is 14. The number of Topliss-reactive ketones (excluding diaryl/α,β-unsaturated/α-hetero) is 1. The van der Waals surface area contributed by atoms with E-state index in [0.29, 0.717) is 160 Å². The highest BCUT2D eigenvalue weighted by molar-refractivity contribution is 5.89. The number of carbonyl (C=O) groups is 7. The number of esters is 6. The molecule has 3 spiro atoms. The summed E-state index contributed by atoms with van der Waals surface area (Å²) < 4.78 is 74.3. The molecule has 8 aliphatic carbocycles. The highest BCUT2D eigenvalue weighted by Gasteiger charge is 2.64. The van der Waals surface area contributed by atoms with E-state index in [1.54, 1.807) is 41.7 Å². The fraction of sp³-hybridized carbons (Fsp3) is 0.823. The van der Waals surface area contributed by atoms with Gasteiger partial charge in [0.15, 0.2) is 0 Å². The van der Waals surface area contributed by atoms with Crippen LogP contribution in [0.4, 0.5) is 0 Å². The van der Waals surface area contributed by atoms with Crippen LogP contribution in [0.15, 0.2) is 60.8 Å². The quantitative estimate of drug-likeness (QED) is 0.0198. The largest absolute Gasteiger partial charge is 0.463 e. The van der Waals surface area contributed by atoms with E-state index >= 15 is 0 Å². The van der Waals surface area contributed by atoms with Crippen LogP contribution >= 0.6 is 0 Å². The Bertz CT molecular complexity index is 3230. The van der Waals surface area contributed by atoms with Crippen molar-refractivity contribution in [1.29, 1.82) is 0 Å². The number of methoxy groups -OCH3 is 1. The van der Waals surface area contributed by atoms with E-state index < -0.39 is 41.8 Å². The van der Waals surface area contributed by atoms with Gasteiger partial charge >= 0.3 is 35.8 Å². The van der Waals surface area contributed by atoms with Crippen molar-refractivity contribution < 1.29 is 115 Å². The highest BCUT2D eigenvalue weighted by Crippen LogP contribution is 2.60. The number of aliphatic hydroxyl groups is 3. The van der Waals surface area contributed by atoms with Crippen LogP contribution in [0.2, 0.25) is 0 Å². The molecular formula is C96H158O24. The number of epoxide rings is 2. The molecule has 16 unspecified atom stereocenters. The topological polar surface area (TPSA) is 316 Å². The predicted molar refractivity (Wildman–Crippen MR) is 459 cm³/mol. The summed E-state index contributed by atoms with van der Waals surface area (Å²) in [7, 11) is 1.78. The Morgan fingerprint density at radius 1 is 0.542 bits per heavy atom. The number of hydrogen-bond donors (Lipinski definition) is 3. The first-order valence-electron chi connectivity index (χ1n) is 45.7. The molecule has 13 aliphatic rings.